The number of Topliss-reactive ketones (excluding diaryl/α,β-unsaturated/α-hetero) is 1. The lowest BCUT2D eigenvalue weighted by Crippen LogP contribution is -2.49. The summed E-state index contributed by atoms with van der Waals surface area (Å²) in [5.74, 6) is -1.18. The van der Waals surface area contributed by atoms with Crippen molar-refractivity contribution in [3.63, 3.8) is 0 Å². The molecule has 0 aromatic rings. The number of hydrogen-bond acceptors (Lipinski definition) is 6. The molecule has 0 aliphatic heterocycles. The molecule has 1 aliphatic carbocycles. The van der Waals surface area contributed by atoms with E-state index in [4.69, 9.17) is 4.74 Å². The highest BCUT2D eigenvalue weighted by Gasteiger charge is 2.49. The number of carbonyl (C=O) groups excluding carboxylic acids is 3. The van der Waals surface area contributed by atoms with Crippen molar-refractivity contribution in [1.82, 2.24) is 0 Å². The Bertz CT molecular complexity index is 745. The molecule has 0 radical (unpaired) electrons. The maximum Gasteiger partial charge on any atom is 0.330 e. The minimum Gasteiger partial charge on any atom is -0.466 e. The standard InChI is InChI=1S/C22H32O6/c1-14(11-18(24)27-8)9-10-22(26)15(2)16(17(23)13-21(22,6)7)12-19(25)28-20(3,4)5/h9-11,26H,12-13H2,1-8H3/t22-/m1/s1. The highest BCUT2D eigenvalue weighted by molar-refractivity contribution is 6.02. The van der Waals surface area contributed by atoms with E-state index in [-0.39, 0.29) is 24.2 Å². The van der Waals surface area contributed by atoms with Crippen LogP contribution >= 0.6 is 0 Å². The fourth-order valence-electron chi connectivity index (χ4n) is 3.24. The van der Waals surface area contributed by atoms with Gasteiger partial charge in [0.25, 0.3) is 0 Å². The zero-order valence-corrected chi connectivity index (χ0v) is 18.1. The summed E-state index contributed by atoms with van der Waals surface area (Å²) in [6, 6.07) is 0. The van der Waals surface area contributed by atoms with Crippen LogP contribution in [0.2, 0.25) is 0 Å². The number of hydrogen-bond donors (Lipinski definition) is 1. The second-order valence-corrected chi connectivity index (χ2v) is 8.86. The molecule has 6 nitrogen and oxygen atoms in total. The van der Waals surface area contributed by atoms with Gasteiger partial charge in [-0.3, -0.25) is 9.59 Å². The average molecular weight is 392 g/mol. The average Bonchev–Trinajstić information content (AvgIpc) is 2.53. The molecule has 0 spiro atoms. The first-order valence-corrected chi connectivity index (χ1v) is 9.26. The molecular formula is C22H32O6. The Morgan fingerprint density at radius 3 is 2.32 bits per heavy atom. The summed E-state index contributed by atoms with van der Waals surface area (Å²) < 4.78 is 9.92. The normalized spacial score (nSPS) is 23.2. The van der Waals surface area contributed by atoms with E-state index in [0.29, 0.717) is 11.1 Å². The molecule has 0 fully saturated rings. The van der Waals surface area contributed by atoms with Gasteiger partial charge in [-0.2, -0.15) is 0 Å². The predicted octanol–water partition coefficient (Wildman–Crippen LogP) is 3.44. The van der Waals surface area contributed by atoms with E-state index in [2.05, 4.69) is 4.74 Å². The molecule has 156 valence electrons. The highest BCUT2D eigenvalue weighted by Crippen LogP contribution is 2.47. The van der Waals surface area contributed by atoms with Crippen molar-refractivity contribution in [2.24, 2.45) is 5.41 Å². The molecule has 0 unspecified atom stereocenters. The molecule has 0 saturated heterocycles. The minimum atomic E-state index is -1.45. The van der Waals surface area contributed by atoms with Gasteiger partial charge in [0.15, 0.2) is 5.78 Å². The zero-order valence-electron chi connectivity index (χ0n) is 18.1. The fraction of sp³-hybridized carbons (Fsp3) is 0.591. The van der Waals surface area contributed by atoms with Crippen molar-refractivity contribution in [1.29, 1.82) is 0 Å². The van der Waals surface area contributed by atoms with Gasteiger partial charge < -0.3 is 14.6 Å². The van der Waals surface area contributed by atoms with Gasteiger partial charge in [0, 0.05) is 23.5 Å². The number of esters is 2. The third-order valence-electron chi connectivity index (χ3n) is 4.87. The second-order valence-electron chi connectivity index (χ2n) is 8.86. The monoisotopic (exact) mass is 392 g/mol. The van der Waals surface area contributed by atoms with E-state index in [9.17, 15) is 19.5 Å². The van der Waals surface area contributed by atoms with Crippen molar-refractivity contribution >= 4 is 17.7 Å². The summed E-state index contributed by atoms with van der Waals surface area (Å²) in [5.41, 5.74) is -1.61. The third kappa shape index (κ3) is 5.64. The SMILES string of the molecule is COC(=O)C=C(C)C=C[C@@]1(O)C(C)=C(CC(=O)OC(C)(C)C)C(=O)CC1(C)C. The van der Waals surface area contributed by atoms with Crippen LogP contribution < -0.4 is 0 Å². The molecule has 1 N–H and O–H groups in total. The highest BCUT2D eigenvalue weighted by atomic mass is 16.6. The quantitative estimate of drug-likeness (QED) is 0.438. The number of rotatable bonds is 5. The first-order valence-electron chi connectivity index (χ1n) is 9.26. The van der Waals surface area contributed by atoms with Gasteiger partial charge in [0.05, 0.1) is 13.5 Å². The molecule has 1 rings (SSSR count). The summed E-state index contributed by atoms with van der Waals surface area (Å²) in [6.07, 6.45) is 4.39. The van der Waals surface area contributed by atoms with Crippen LogP contribution in [-0.2, 0) is 23.9 Å². The lowest BCUT2D eigenvalue weighted by Gasteiger charge is -2.45. The summed E-state index contributed by atoms with van der Waals surface area (Å²) in [4.78, 5) is 36.3. The lowest BCUT2D eigenvalue weighted by molar-refractivity contribution is -0.154. The van der Waals surface area contributed by atoms with Crippen LogP contribution in [0.25, 0.3) is 0 Å². The van der Waals surface area contributed by atoms with E-state index >= 15 is 0 Å². The van der Waals surface area contributed by atoms with Crippen molar-refractivity contribution in [2.45, 2.75) is 72.5 Å². The smallest absolute Gasteiger partial charge is 0.330 e. The van der Waals surface area contributed by atoms with Crippen molar-refractivity contribution < 1.29 is 29.0 Å². The molecule has 0 amide bonds. The first kappa shape index (κ1) is 23.8. The van der Waals surface area contributed by atoms with E-state index in [1.807, 2.05) is 0 Å². The second kappa shape index (κ2) is 8.43. The van der Waals surface area contributed by atoms with E-state index < -0.39 is 28.6 Å². The molecule has 1 atom stereocenters. The van der Waals surface area contributed by atoms with Gasteiger partial charge in [-0.25, -0.2) is 4.79 Å². The Balaban J connectivity index is 3.31. The van der Waals surface area contributed by atoms with E-state index in [1.165, 1.54) is 13.2 Å². The van der Waals surface area contributed by atoms with E-state index in [0.717, 1.165) is 0 Å². The van der Waals surface area contributed by atoms with Crippen molar-refractivity contribution in [2.75, 3.05) is 7.11 Å². The summed E-state index contributed by atoms with van der Waals surface area (Å²) in [6.45, 7) is 12.2. The summed E-state index contributed by atoms with van der Waals surface area (Å²) in [7, 11) is 1.29. The predicted molar refractivity (Wildman–Crippen MR) is 106 cm³/mol. The van der Waals surface area contributed by atoms with Gasteiger partial charge in [0.2, 0.25) is 0 Å². The van der Waals surface area contributed by atoms with E-state index in [1.54, 1.807) is 60.6 Å². The van der Waals surface area contributed by atoms with Gasteiger partial charge in [-0.1, -0.05) is 19.9 Å². The van der Waals surface area contributed by atoms with Crippen LogP contribution in [-0.4, -0.2) is 41.1 Å². The van der Waals surface area contributed by atoms with Crippen LogP contribution in [0.5, 0.6) is 0 Å². The Morgan fingerprint density at radius 1 is 1.25 bits per heavy atom. The van der Waals surface area contributed by atoms with Crippen molar-refractivity contribution in [3.8, 4) is 0 Å². The van der Waals surface area contributed by atoms with Gasteiger partial charge in [0.1, 0.15) is 11.2 Å². The molecular weight excluding hydrogens is 360 g/mol. The Morgan fingerprint density at radius 2 is 1.82 bits per heavy atom. The summed E-state index contributed by atoms with van der Waals surface area (Å²) in [5, 5.41) is 11.4. The largest absolute Gasteiger partial charge is 0.466 e. The molecule has 0 aromatic carbocycles. The maximum atomic E-state index is 12.7. The lowest BCUT2D eigenvalue weighted by atomic mass is 9.62. The number of methoxy groups -OCH3 is 1. The minimum absolute atomic E-state index is 0.0864. The maximum absolute atomic E-state index is 12.7. The Kier molecular flexibility index (Phi) is 7.18. The number of allylic oxidation sites excluding steroid dienone is 2. The molecule has 1 aliphatic rings. The van der Waals surface area contributed by atoms with Crippen LogP contribution in [0.15, 0.2) is 34.9 Å². The first-order chi connectivity index (χ1) is 12.6. The van der Waals surface area contributed by atoms with Crippen LogP contribution in [0.1, 0.15) is 61.3 Å². The molecule has 0 saturated carbocycles. The van der Waals surface area contributed by atoms with Gasteiger partial charge in [-0.15, -0.1) is 0 Å². The summed E-state index contributed by atoms with van der Waals surface area (Å²) >= 11 is 0. The molecule has 6 heteroatoms. The molecule has 0 heterocycles. The Hall–Kier alpha value is -2.21. The fourth-order valence-corrected chi connectivity index (χ4v) is 3.24. The van der Waals surface area contributed by atoms with Crippen LogP contribution in [0.3, 0.4) is 0 Å². The van der Waals surface area contributed by atoms with Crippen LogP contribution in [0.4, 0.5) is 0 Å². The zero-order chi connectivity index (χ0) is 21.9. The Labute approximate surface area is 167 Å². The number of ketones is 1. The van der Waals surface area contributed by atoms with Gasteiger partial charge in [-0.05, 0) is 51.8 Å². The van der Waals surface area contributed by atoms with Crippen LogP contribution in [0, 0.1) is 5.41 Å². The third-order valence-corrected chi connectivity index (χ3v) is 4.87. The topological polar surface area (TPSA) is 89.9 Å². The van der Waals surface area contributed by atoms with Gasteiger partial charge >= 0.3 is 11.9 Å². The molecule has 0 aromatic heterocycles. The number of ether oxygens (including phenoxy) is 2. The molecule has 28 heavy (non-hydrogen) atoms. The number of carbonyl (C=O) groups is 3. The molecule has 0 bridgehead atoms. The van der Waals surface area contributed by atoms with Crippen molar-refractivity contribution in [3.05, 3.63) is 34.9 Å². The number of aliphatic hydroxyl groups is 1.